The van der Waals surface area contributed by atoms with E-state index in [1.54, 1.807) is 11.0 Å². The van der Waals surface area contributed by atoms with Crippen LogP contribution >= 0.6 is 23.4 Å². The molecule has 1 aromatic heterocycles. The highest BCUT2D eigenvalue weighted by molar-refractivity contribution is 7.99. The van der Waals surface area contributed by atoms with Crippen molar-refractivity contribution in [1.82, 2.24) is 14.5 Å². The Bertz CT molecular complexity index is 1620. The van der Waals surface area contributed by atoms with Gasteiger partial charge in [0, 0.05) is 65.7 Å². The molecule has 0 bridgehead atoms. The van der Waals surface area contributed by atoms with E-state index in [1.807, 2.05) is 0 Å². The van der Waals surface area contributed by atoms with E-state index in [9.17, 15) is 31.9 Å². The van der Waals surface area contributed by atoms with Crippen molar-refractivity contribution in [3.63, 3.8) is 0 Å². The number of halogens is 3. The van der Waals surface area contributed by atoms with E-state index in [0.29, 0.717) is 33.7 Å². The number of nitrogens with zero attached hydrogens (tertiary/aromatic N) is 4. The standard InChI is InChI=1S/C23H21ClF2N4O5S2/c1-37(34,35)11-13-10-28(23(32)33)4-5-29(13)21-15-9-16(24)18(14-3-2-12(25)8-17(14)26)20-19(15)30(6-7-36-20)22(31)27-21/h2-3,8-9,13H,4-7,10-11H2,1H3,(H,32,33). The van der Waals surface area contributed by atoms with Crippen LogP contribution in [-0.4, -0.2) is 77.5 Å². The van der Waals surface area contributed by atoms with Gasteiger partial charge in [-0.1, -0.05) is 11.6 Å². The van der Waals surface area contributed by atoms with Crippen LogP contribution in [0.3, 0.4) is 0 Å². The van der Waals surface area contributed by atoms with Gasteiger partial charge >= 0.3 is 11.8 Å². The highest BCUT2D eigenvalue weighted by Gasteiger charge is 2.35. The van der Waals surface area contributed by atoms with Gasteiger partial charge in [-0.3, -0.25) is 4.57 Å². The van der Waals surface area contributed by atoms with Gasteiger partial charge in [-0.05, 0) is 18.2 Å². The summed E-state index contributed by atoms with van der Waals surface area (Å²) >= 11 is 8.06. The second kappa shape index (κ2) is 9.44. The Morgan fingerprint density at radius 3 is 2.68 bits per heavy atom. The third-order valence-electron chi connectivity index (χ3n) is 6.43. The molecule has 2 aliphatic rings. The lowest BCUT2D eigenvalue weighted by molar-refractivity contribution is 0.136. The van der Waals surface area contributed by atoms with Gasteiger partial charge < -0.3 is 14.9 Å². The third-order valence-corrected chi connectivity index (χ3v) is 8.79. The average molecular weight is 571 g/mol. The number of aromatic nitrogens is 2. The van der Waals surface area contributed by atoms with E-state index in [2.05, 4.69) is 4.98 Å². The van der Waals surface area contributed by atoms with E-state index >= 15 is 0 Å². The van der Waals surface area contributed by atoms with Crippen LogP contribution in [0, 0.1) is 11.6 Å². The summed E-state index contributed by atoms with van der Waals surface area (Å²) in [4.78, 5) is 32.3. The number of aryl methyl sites for hydroxylation is 1. The number of amides is 1. The Balaban J connectivity index is 1.75. The summed E-state index contributed by atoms with van der Waals surface area (Å²) in [7, 11) is -3.52. The van der Waals surface area contributed by atoms with Crippen molar-refractivity contribution < 1.29 is 27.1 Å². The number of benzene rings is 2. The van der Waals surface area contributed by atoms with Gasteiger partial charge in [0.1, 0.15) is 27.3 Å². The van der Waals surface area contributed by atoms with E-state index in [1.165, 1.54) is 22.4 Å². The molecule has 37 heavy (non-hydrogen) atoms. The molecule has 2 aliphatic heterocycles. The molecular weight excluding hydrogens is 550 g/mol. The number of thioether (sulfide) groups is 1. The van der Waals surface area contributed by atoms with Gasteiger partial charge in [-0.25, -0.2) is 26.8 Å². The van der Waals surface area contributed by atoms with Crippen LogP contribution in [0.15, 0.2) is 34.0 Å². The number of carboxylic acid groups (broad SMARTS) is 1. The molecule has 1 amide bonds. The van der Waals surface area contributed by atoms with Crippen molar-refractivity contribution in [2.75, 3.05) is 42.3 Å². The Hall–Kier alpha value is -2.90. The predicted octanol–water partition coefficient (Wildman–Crippen LogP) is 3.31. The zero-order valence-electron chi connectivity index (χ0n) is 19.4. The molecule has 2 aromatic carbocycles. The molecule has 1 saturated heterocycles. The van der Waals surface area contributed by atoms with Gasteiger partial charge in [0.25, 0.3) is 0 Å². The number of anilines is 1. The maximum Gasteiger partial charge on any atom is 0.407 e. The SMILES string of the molecule is CS(=O)(=O)CC1CN(C(=O)O)CCN1c1nc(=O)n2c3c(c(-c4ccc(F)cc4F)c(Cl)cc13)SCC2. The number of rotatable bonds is 4. The molecule has 0 aliphatic carbocycles. The fraction of sp³-hybridized carbons (Fsp3) is 0.348. The summed E-state index contributed by atoms with van der Waals surface area (Å²) in [5.41, 5.74) is 0.300. The van der Waals surface area contributed by atoms with E-state index in [4.69, 9.17) is 11.6 Å². The minimum Gasteiger partial charge on any atom is -0.465 e. The maximum atomic E-state index is 14.8. The van der Waals surface area contributed by atoms with E-state index < -0.39 is 39.3 Å². The number of sulfone groups is 1. The first-order chi connectivity index (χ1) is 17.4. The van der Waals surface area contributed by atoms with Crippen molar-refractivity contribution in [3.05, 3.63) is 51.4 Å². The summed E-state index contributed by atoms with van der Waals surface area (Å²) in [5, 5.41) is 10.1. The van der Waals surface area contributed by atoms with Gasteiger partial charge in [-0.15, -0.1) is 11.8 Å². The molecule has 196 valence electrons. The molecule has 1 unspecified atom stereocenters. The summed E-state index contributed by atoms with van der Waals surface area (Å²) in [5.74, 6) is -1.21. The molecular formula is C23H21ClF2N4O5S2. The largest absolute Gasteiger partial charge is 0.465 e. The van der Waals surface area contributed by atoms with E-state index in [0.717, 1.165) is 23.3 Å². The van der Waals surface area contributed by atoms with Gasteiger partial charge in [-0.2, -0.15) is 4.98 Å². The van der Waals surface area contributed by atoms with Crippen molar-refractivity contribution in [2.24, 2.45) is 0 Å². The smallest absolute Gasteiger partial charge is 0.407 e. The van der Waals surface area contributed by atoms with Gasteiger partial charge in [0.15, 0.2) is 0 Å². The Morgan fingerprint density at radius 1 is 1.24 bits per heavy atom. The molecule has 0 radical (unpaired) electrons. The minimum absolute atomic E-state index is 0.0794. The van der Waals surface area contributed by atoms with Crippen molar-refractivity contribution in [2.45, 2.75) is 17.5 Å². The number of hydrogen-bond acceptors (Lipinski definition) is 7. The predicted molar refractivity (Wildman–Crippen MR) is 138 cm³/mol. The zero-order valence-corrected chi connectivity index (χ0v) is 21.8. The average Bonchev–Trinajstić information content (AvgIpc) is 2.81. The fourth-order valence-electron chi connectivity index (χ4n) is 4.91. The van der Waals surface area contributed by atoms with E-state index in [-0.39, 0.29) is 41.8 Å². The van der Waals surface area contributed by atoms with Crippen LogP contribution in [0.4, 0.5) is 19.4 Å². The number of hydrogen-bond donors (Lipinski definition) is 1. The summed E-state index contributed by atoms with van der Waals surface area (Å²) in [6.07, 6.45) is -0.115. The van der Waals surface area contributed by atoms with Gasteiger partial charge in [0.05, 0.1) is 22.3 Å². The van der Waals surface area contributed by atoms with Crippen LogP contribution in [0.1, 0.15) is 0 Å². The Labute approximate surface area is 219 Å². The fourth-order valence-corrected chi connectivity index (χ4v) is 7.46. The molecule has 1 N–H and O–H groups in total. The molecule has 1 atom stereocenters. The molecule has 3 aromatic rings. The molecule has 0 spiro atoms. The van der Waals surface area contributed by atoms with Crippen molar-refractivity contribution >= 4 is 56.0 Å². The first kappa shape index (κ1) is 25.7. The van der Waals surface area contributed by atoms with Crippen LogP contribution < -0.4 is 10.6 Å². The molecule has 3 heterocycles. The van der Waals surface area contributed by atoms with Crippen molar-refractivity contribution in [1.29, 1.82) is 0 Å². The summed E-state index contributed by atoms with van der Waals surface area (Å²) in [6.45, 7) is 0.429. The molecule has 9 nitrogen and oxygen atoms in total. The summed E-state index contributed by atoms with van der Waals surface area (Å²) in [6, 6.07) is 3.93. The highest BCUT2D eigenvalue weighted by Crippen LogP contribution is 2.46. The second-order valence-electron chi connectivity index (χ2n) is 8.97. The molecule has 0 saturated carbocycles. The lowest BCUT2D eigenvalue weighted by Crippen LogP contribution is -2.57. The normalized spacial score (nSPS) is 17.9. The second-order valence-corrected chi connectivity index (χ2v) is 12.7. The van der Waals surface area contributed by atoms with Gasteiger partial charge in [0.2, 0.25) is 0 Å². The van der Waals surface area contributed by atoms with Crippen LogP contribution in [0.2, 0.25) is 5.02 Å². The third kappa shape index (κ3) is 4.75. The quantitative estimate of drug-likeness (QED) is 0.508. The highest BCUT2D eigenvalue weighted by atomic mass is 35.5. The molecule has 1 fully saturated rings. The Morgan fingerprint density at radius 2 is 2.00 bits per heavy atom. The minimum atomic E-state index is -3.52. The first-order valence-electron chi connectivity index (χ1n) is 11.2. The monoisotopic (exact) mass is 570 g/mol. The molecule has 14 heteroatoms. The lowest BCUT2D eigenvalue weighted by Gasteiger charge is -2.41. The maximum absolute atomic E-state index is 14.8. The summed E-state index contributed by atoms with van der Waals surface area (Å²) < 4.78 is 54.3. The lowest BCUT2D eigenvalue weighted by atomic mass is 10.0. The number of piperazine rings is 1. The topological polar surface area (TPSA) is 113 Å². The first-order valence-corrected chi connectivity index (χ1v) is 14.6. The molecule has 5 rings (SSSR count). The van der Waals surface area contributed by atoms with Crippen molar-refractivity contribution in [3.8, 4) is 11.1 Å². The number of carbonyl (C=O) groups is 1. The Kier molecular flexibility index (Phi) is 6.57. The zero-order chi connectivity index (χ0) is 26.6. The van der Waals surface area contributed by atoms with Crippen LogP contribution in [0.5, 0.6) is 0 Å². The van der Waals surface area contributed by atoms with Crippen LogP contribution in [0.25, 0.3) is 22.0 Å². The van der Waals surface area contributed by atoms with Crippen LogP contribution in [-0.2, 0) is 16.4 Å².